The van der Waals surface area contributed by atoms with E-state index in [2.05, 4.69) is 20.4 Å². The zero-order valence-corrected chi connectivity index (χ0v) is 19.7. The Kier molecular flexibility index (Phi) is 8.76. The van der Waals surface area contributed by atoms with E-state index in [1.165, 1.54) is 24.3 Å². The number of halogens is 1. The number of carbonyl (C=O) groups excluding carboxylic acids is 1. The monoisotopic (exact) mass is 507 g/mol. The predicted octanol–water partition coefficient (Wildman–Crippen LogP) is 2.24. The number of oxime groups is 1. The van der Waals surface area contributed by atoms with Crippen LogP contribution in [0.25, 0.3) is 0 Å². The molecule has 0 bridgehead atoms. The van der Waals surface area contributed by atoms with Crippen molar-refractivity contribution >= 4 is 38.1 Å². The third kappa shape index (κ3) is 6.41. The first-order valence-corrected chi connectivity index (χ1v) is 12.3. The Balaban J connectivity index is 1.87. The van der Waals surface area contributed by atoms with Gasteiger partial charge in [0.15, 0.2) is 22.6 Å². The van der Waals surface area contributed by atoms with Crippen LogP contribution in [0.5, 0.6) is 0 Å². The van der Waals surface area contributed by atoms with Crippen molar-refractivity contribution in [3.63, 3.8) is 0 Å². The molecule has 1 aromatic carbocycles. The second-order valence-corrected chi connectivity index (χ2v) is 9.62. The van der Waals surface area contributed by atoms with Crippen molar-refractivity contribution in [2.24, 2.45) is 5.16 Å². The molecule has 0 radical (unpaired) electrons. The Morgan fingerprint density at radius 1 is 1.24 bits per heavy atom. The maximum absolute atomic E-state index is 13.3. The molecule has 0 aliphatic carbocycles. The minimum atomic E-state index is -3.83. The Labute approximate surface area is 199 Å². The number of hydrogen-bond donors (Lipinski definition) is 2. The molecule has 0 saturated heterocycles. The number of sulfonamides is 1. The lowest BCUT2D eigenvalue weighted by Crippen LogP contribution is -2.33. The highest BCUT2D eigenvalue weighted by Gasteiger charge is 2.24. The van der Waals surface area contributed by atoms with E-state index >= 15 is 0 Å². The van der Waals surface area contributed by atoms with Crippen molar-refractivity contribution in [2.45, 2.75) is 18.4 Å². The average Bonchev–Trinajstić information content (AvgIpc) is 3.25. The van der Waals surface area contributed by atoms with Crippen molar-refractivity contribution in [1.29, 1.82) is 0 Å². The van der Waals surface area contributed by atoms with Crippen molar-refractivity contribution in [3.05, 3.63) is 71.2 Å². The van der Waals surface area contributed by atoms with Crippen LogP contribution in [-0.4, -0.2) is 59.1 Å². The minimum Gasteiger partial charge on any atom is -0.395 e. The van der Waals surface area contributed by atoms with Gasteiger partial charge in [-0.2, -0.15) is 8.70 Å². The van der Waals surface area contributed by atoms with Crippen molar-refractivity contribution in [3.8, 4) is 0 Å². The van der Waals surface area contributed by atoms with E-state index in [0.29, 0.717) is 17.0 Å². The summed E-state index contributed by atoms with van der Waals surface area (Å²) in [5, 5.41) is 15.0. The molecule has 1 amide bonds. The number of anilines is 1. The largest absolute Gasteiger partial charge is 0.395 e. The molecule has 13 heteroatoms. The number of pyridine rings is 1. The quantitative estimate of drug-likeness (QED) is 0.300. The Morgan fingerprint density at radius 2 is 2.00 bits per heavy atom. The number of nitrogens with zero attached hydrogens (tertiary/aromatic N) is 4. The third-order valence-electron chi connectivity index (χ3n) is 4.48. The molecule has 0 atom stereocenters. The molecule has 0 fully saturated rings. The molecule has 0 unspecified atom stereocenters. The van der Waals surface area contributed by atoms with E-state index in [0.717, 1.165) is 10.5 Å². The minimum absolute atomic E-state index is 0.0113. The summed E-state index contributed by atoms with van der Waals surface area (Å²) in [6.45, 7) is 1.49. The number of hydrogen-bond acceptors (Lipinski definition) is 9. The highest BCUT2D eigenvalue weighted by Crippen LogP contribution is 2.19. The fourth-order valence-corrected chi connectivity index (χ4v) is 4.81. The fourth-order valence-electron chi connectivity index (χ4n) is 2.83. The van der Waals surface area contributed by atoms with E-state index < -0.39 is 21.1 Å². The van der Waals surface area contributed by atoms with Crippen LogP contribution in [0.3, 0.4) is 0 Å². The van der Waals surface area contributed by atoms with Crippen LogP contribution in [0, 0.1) is 5.13 Å². The van der Waals surface area contributed by atoms with E-state index in [1.807, 2.05) is 0 Å². The second kappa shape index (κ2) is 11.7. The van der Waals surface area contributed by atoms with Crippen molar-refractivity contribution in [2.75, 3.05) is 25.0 Å². The summed E-state index contributed by atoms with van der Waals surface area (Å²) in [4.78, 5) is 26.0. The first-order valence-electron chi connectivity index (χ1n) is 10.1. The smallest absolute Gasteiger partial charge is 0.280 e. The molecular formula is C21H22FN5O5S2. The zero-order chi connectivity index (χ0) is 24.6. The number of aromatic nitrogens is 2. The summed E-state index contributed by atoms with van der Waals surface area (Å²) >= 11 is 0.645. The number of benzene rings is 1. The van der Waals surface area contributed by atoms with Gasteiger partial charge in [-0.25, -0.2) is 13.4 Å². The number of rotatable bonds is 11. The van der Waals surface area contributed by atoms with Gasteiger partial charge >= 0.3 is 0 Å². The molecule has 10 nitrogen and oxygen atoms in total. The van der Waals surface area contributed by atoms with Crippen LogP contribution in [0.2, 0.25) is 0 Å². The van der Waals surface area contributed by atoms with E-state index in [4.69, 9.17) is 9.94 Å². The molecule has 0 aliphatic rings. The number of carbonyl (C=O) groups is 1. The van der Waals surface area contributed by atoms with Gasteiger partial charge in [0, 0.05) is 24.8 Å². The lowest BCUT2D eigenvalue weighted by atomic mass is 10.1. The lowest BCUT2D eigenvalue weighted by Gasteiger charge is -2.19. The van der Waals surface area contributed by atoms with Gasteiger partial charge in [-0.05, 0) is 24.3 Å². The first kappa shape index (κ1) is 25.4. The molecule has 0 aliphatic heterocycles. The Hall–Kier alpha value is -3.26. The fraction of sp³-hybridized carbons (Fsp3) is 0.238. The van der Waals surface area contributed by atoms with Crippen molar-refractivity contribution in [1.82, 2.24) is 14.3 Å². The summed E-state index contributed by atoms with van der Waals surface area (Å²) in [6.07, 6.45) is 2.56. The molecular weight excluding hydrogens is 485 g/mol. The Bertz CT molecular complexity index is 1230. The number of thiazole rings is 1. The summed E-state index contributed by atoms with van der Waals surface area (Å²) in [5.41, 5.74) is 0.677. The summed E-state index contributed by atoms with van der Waals surface area (Å²) < 4.78 is 39.9. The number of aliphatic hydroxyl groups excluding tert-OH is 1. The third-order valence-corrected chi connectivity index (χ3v) is 7.16. The number of nitrogens with one attached hydrogen (secondary N) is 1. The lowest BCUT2D eigenvalue weighted by molar-refractivity contribution is -0.110. The van der Waals surface area contributed by atoms with Gasteiger partial charge in [0.2, 0.25) is 10.0 Å². The topological polar surface area (TPSA) is 134 Å². The van der Waals surface area contributed by atoms with Gasteiger partial charge < -0.3 is 9.94 Å². The van der Waals surface area contributed by atoms with E-state index in [9.17, 15) is 17.6 Å². The number of aliphatic hydroxyl groups is 1. The molecule has 3 aromatic rings. The number of likely N-dealkylation sites (N-methyl/N-ethyl adjacent to an activating group) is 1. The molecule has 2 N–H and O–H groups in total. The molecule has 180 valence electrons. The predicted molar refractivity (Wildman–Crippen MR) is 124 cm³/mol. The van der Waals surface area contributed by atoms with Crippen LogP contribution in [0.1, 0.15) is 18.2 Å². The first-order chi connectivity index (χ1) is 16.3. The molecule has 2 heterocycles. The molecule has 34 heavy (non-hydrogen) atoms. The van der Waals surface area contributed by atoms with Gasteiger partial charge in [-0.1, -0.05) is 41.6 Å². The average molecular weight is 508 g/mol. The van der Waals surface area contributed by atoms with Crippen LogP contribution in [0.15, 0.2) is 64.9 Å². The SMILES string of the molecule is CCN(CCO)S(=O)(=O)c1ccc(/C(=N\OCc2ccccn2)C(=O)Nc2ncc(F)s2)cc1. The van der Waals surface area contributed by atoms with Gasteiger partial charge in [-0.15, -0.1) is 0 Å². The second-order valence-electron chi connectivity index (χ2n) is 6.70. The van der Waals surface area contributed by atoms with Crippen LogP contribution in [-0.2, 0) is 26.3 Å². The number of amides is 1. The maximum atomic E-state index is 13.3. The molecule has 3 rings (SSSR count). The highest BCUT2D eigenvalue weighted by atomic mass is 32.2. The van der Waals surface area contributed by atoms with Crippen LogP contribution < -0.4 is 5.32 Å². The van der Waals surface area contributed by atoms with Crippen molar-refractivity contribution < 1.29 is 27.5 Å². The Morgan fingerprint density at radius 3 is 2.59 bits per heavy atom. The van der Waals surface area contributed by atoms with Gasteiger partial charge in [0.1, 0.15) is 0 Å². The maximum Gasteiger partial charge on any atom is 0.280 e. The van der Waals surface area contributed by atoms with Gasteiger partial charge in [-0.3, -0.25) is 15.1 Å². The zero-order valence-electron chi connectivity index (χ0n) is 18.1. The van der Waals surface area contributed by atoms with Gasteiger partial charge in [0.05, 0.1) is 23.4 Å². The summed E-state index contributed by atoms with van der Waals surface area (Å²) in [6, 6.07) is 10.7. The molecule has 2 aromatic heterocycles. The normalized spacial score (nSPS) is 12.1. The summed E-state index contributed by atoms with van der Waals surface area (Å²) in [7, 11) is -3.83. The van der Waals surface area contributed by atoms with Crippen LogP contribution >= 0.6 is 11.3 Å². The standard InChI is InChI=1S/C21H22FN5O5S2/c1-2-27(11-12-28)34(30,31)17-8-6-15(7-9-17)19(20(29)25-21-24-13-18(22)33-21)26-32-14-16-5-3-4-10-23-16/h3-10,13,28H,2,11-12,14H2,1H3,(H,24,25,29)/b26-19+. The highest BCUT2D eigenvalue weighted by molar-refractivity contribution is 7.89. The molecule has 0 saturated carbocycles. The molecule has 0 spiro atoms. The van der Waals surface area contributed by atoms with E-state index in [-0.39, 0.29) is 47.6 Å². The van der Waals surface area contributed by atoms with Gasteiger partial charge in [0.25, 0.3) is 5.91 Å². The summed E-state index contributed by atoms with van der Waals surface area (Å²) in [5.74, 6) is -0.721. The van der Waals surface area contributed by atoms with Crippen LogP contribution in [0.4, 0.5) is 9.52 Å². The van der Waals surface area contributed by atoms with E-state index in [1.54, 1.807) is 31.3 Å².